The molecule has 0 bridgehead atoms. The lowest BCUT2D eigenvalue weighted by atomic mass is 10.2. The maximum Gasteiger partial charge on any atom is 0.225 e. The number of carbonyl (C=O) groups is 1. The first-order valence-corrected chi connectivity index (χ1v) is 11.1. The van der Waals surface area contributed by atoms with E-state index in [2.05, 4.69) is 36.8 Å². The SMILES string of the molecule is COc1ccc(N2CCCN(CCC(=O)N3CCN(c4ncccn4)CC3)CC2)cc1. The van der Waals surface area contributed by atoms with Crippen LogP contribution in [0, 0.1) is 0 Å². The van der Waals surface area contributed by atoms with E-state index in [-0.39, 0.29) is 5.91 Å². The van der Waals surface area contributed by atoms with E-state index >= 15 is 0 Å². The molecule has 0 spiro atoms. The van der Waals surface area contributed by atoms with E-state index in [1.54, 1.807) is 19.5 Å². The van der Waals surface area contributed by atoms with Crippen LogP contribution in [0.5, 0.6) is 5.75 Å². The predicted molar refractivity (Wildman–Crippen MR) is 122 cm³/mol. The molecule has 0 unspecified atom stereocenters. The van der Waals surface area contributed by atoms with Crippen molar-refractivity contribution in [3.8, 4) is 5.75 Å². The third-order valence-corrected chi connectivity index (χ3v) is 6.14. The van der Waals surface area contributed by atoms with Crippen molar-refractivity contribution in [1.82, 2.24) is 19.8 Å². The van der Waals surface area contributed by atoms with Crippen molar-refractivity contribution in [2.75, 3.05) is 75.8 Å². The largest absolute Gasteiger partial charge is 0.497 e. The van der Waals surface area contributed by atoms with Gasteiger partial charge in [-0.3, -0.25) is 4.79 Å². The molecule has 0 saturated carbocycles. The van der Waals surface area contributed by atoms with Crippen molar-refractivity contribution in [2.24, 2.45) is 0 Å². The van der Waals surface area contributed by atoms with Gasteiger partial charge in [0.15, 0.2) is 0 Å². The Kier molecular flexibility index (Phi) is 7.19. The molecular formula is C23H32N6O2. The second-order valence-electron chi connectivity index (χ2n) is 8.05. The standard InChI is InChI=1S/C23H32N6O2/c1-31-21-6-4-20(5-7-21)27-12-3-11-26(14-15-27)13-8-22(30)28-16-18-29(19-17-28)23-24-9-2-10-25-23/h2,4-7,9-10H,3,8,11-19H2,1H3. The zero-order valence-electron chi connectivity index (χ0n) is 18.3. The second kappa shape index (κ2) is 10.4. The van der Waals surface area contributed by atoms with E-state index in [0.717, 1.165) is 77.0 Å². The summed E-state index contributed by atoms with van der Waals surface area (Å²) in [7, 11) is 1.69. The molecule has 1 aromatic carbocycles. The highest BCUT2D eigenvalue weighted by Crippen LogP contribution is 2.20. The van der Waals surface area contributed by atoms with Crippen LogP contribution >= 0.6 is 0 Å². The number of rotatable bonds is 6. The third-order valence-electron chi connectivity index (χ3n) is 6.14. The molecule has 2 aromatic rings. The molecular weight excluding hydrogens is 392 g/mol. The molecule has 2 aliphatic rings. The Labute approximate surface area is 184 Å². The van der Waals surface area contributed by atoms with Gasteiger partial charge in [0.25, 0.3) is 0 Å². The van der Waals surface area contributed by atoms with E-state index in [1.807, 2.05) is 23.1 Å². The average molecular weight is 425 g/mol. The van der Waals surface area contributed by atoms with Crippen LogP contribution in [0.15, 0.2) is 42.7 Å². The normalized spacial score (nSPS) is 18.0. The summed E-state index contributed by atoms with van der Waals surface area (Å²) in [5.74, 6) is 1.89. The van der Waals surface area contributed by atoms with Gasteiger partial charge in [-0.05, 0) is 43.3 Å². The van der Waals surface area contributed by atoms with Crippen molar-refractivity contribution in [1.29, 1.82) is 0 Å². The summed E-state index contributed by atoms with van der Waals surface area (Å²) in [4.78, 5) is 30.3. The monoisotopic (exact) mass is 424 g/mol. The minimum atomic E-state index is 0.255. The highest BCUT2D eigenvalue weighted by atomic mass is 16.5. The van der Waals surface area contributed by atoms with Crippen LogP contribution in [0.4, 0.5) is 11.6 Å². The van der Waals surface area contributed by atoms with Crippen LogP contribution in [0.1, 0.15) is 12.8 Å². The molecule has 0 aliphatic carbocycles. The Morgan fingerprint density at radius 2 is 1.61 bits per heavy atom. The lowest BCUT2D eigenvalue weighted by molar-refractivity contribution is -0.131. The summed E-state index contributed by atoms with van der Waals surface area (Å²) in [5, 5.41) is 0. The number of carbonyl (C=O) groups excluding carboxylic acids is 1. The number of methoxy groups -OCH3 is 1. The highest BCUT2D eigenvalue weighted by molar-refractivity contribution is 5.76. The molecule has 1 aromatic heterocycles. The van der Waals surface area contributed by atoms with Crippen molar-refractivity contribution in [2.45, 2.75) is 12.8 Å². The van der Waals surface area contributed by atoms with Crippen molar-refractivity contribution in [3.05, 3.63) is 42.7 Å². The van der Waals surface area contributed by atoms with Crippen LogP contribution in [0.25, 0.3) is 0 Å². The Morgan fingerprint density at radius 3 is 2.32 bits per heavy atom. The molecule has 2 aliphatic heterocycles. The first-order valence-electron chi connectivity index (χ1n) is 11.1. The molecule has 4 rings (SSSR count). The van der Waals surface area contributed by atoms with Crippen LogP contribution < -0.4 is 14.5 Å². The maximum absolute atomic E-state index is 12.7. The van der Waals surface area contributed by atoms with Gasteiger partial charge in [-0.15, -0.1) is 0 Å². The number of anilines is 2. The quantitative estimate of drug-likeness (QED) is 0.700. The number of hydrogen-bond donors (Lipinski definition) is 0. The van der Waals surface area contributed by atoms with Crippen LogP contribution in [0.2, 0.25) is 0 Å². The van der Waals surface area contributed by atoms with E-state index in [0.29, 0.717) is 6.42 Å². The lowest BCUT2D eigenvalue weighted by Gasteiger charge is -2.35. The van der Waals surface area contributed by atoms with Gasteiger partial charge in [-0.2, -0.15) is 0 Å². The van der Waals surface area contributed by atoms with E-state index in [1.165, 1.54) is 5.69 Å². The highest BCUT2D eigenvalue weighted by Gasteiger charge is 2.23. The molecule has 166 valence electrons. The Hall–Kier alpha value is -2.87. The van der Waals surface area contributed by atoms with Gasteiger partial charge < -0.3 is 24.3 Å². The summed E-state index contributed by atoms with van der Waals surface area (Å²) in [6, 6.07) is 10.1. The number of ether oxygens (including phenoxy) is 1. The van der Waals surface area contributed by atoms with Crippen LogP contribution in [0.3, 0.4) is 0 Å². The van der Waals surface area contributed by atoms with Crippen molar-refractivity contribution < 1.29 is 9.53 Å². The molecule has 2 saturated heterocycles. The molecule has 8 nitrogen and oxygen atoms in total. The zero-order valence-corrected chi connectivity index (χ0v) is 18.3. The number of aromatic nitrogens is 2. The van der Waals surface area contributed by atoms with E-state index in [9.17, 15) is 4.79 Å². The zero-order chi connectivity index (χ0) is 21.5. The smallest absolute Gasteiger partial charge is 0.225 e. The molecule has 0 atom stereocenters. The first-order chi connectivity index (χ1) is 15.2. The van der Waals surface area contributed by atoms with Crippen molar-refractivity contribution in [3.63, 3.8) is 0 Å². The number of piperazine rings is 1. The fourth-order valence-electron chi connectivity index (χ4n) is 4.27. The molecule has 1 amide bonds. The minimum Gasteiger partial charge on any atom is -0.497 e. The number of hydrogen-bond acceptors (Lipinski definition) is 7. The number of amides is 1. The topological polar surface area (TPSA) is 65.0 Å². The summed E-state index contributed by atoms with van der Waals surface area (Å²) < 4.78 is 5.26. The first kappa shape index (κ1) is 21.4. The summed E-state index contributed by atoms with van der Waals surface area (Å²) in [5.41, 5.74) is 1.24. The predicted octanol–water partition coefficient (Wildman–Crippen LogP) is 1.74. The summed E-state index contributed by atoms with van der Waals surface area (Å²) in [6.07, 6.45) is 5.22. The summed E-state index contributed by atoms with van der Waals surface area (Å²) in [6.45, 7) is 7.93. The van der Waals surface area contributed by atoms with Gasteiger partial charge in [0.1, 0.15) is 5.75 Å². The van der Waals surface area contributed by atoms with Crippen LogP contribution in [-0.2, 0) is 4.79 Å². The molecule has 8 heteroatoms. The van der Waals surface area contributed by atoms with Gasteiger partial charge in [-0.1, -0.05) is 0 Å². The van der Waals surface area contributed by atoms with Gasteiger partial charge >= 0.3 is 0 Å². The number of nitrogens with zero attached hydrogens (tertiary/aromatic N) is 6. The van der Waals surface area contributed by atoms with Gasteiger partial charge in [0, 0.05) is 76.9 Å². The Bertz CT molecular complexity index is 824. The minimum absolute atomic E-state index is 0.255. The Balaban J connectivity index is 1.20. The second-order valence-corrected chi connectivity index (χ2v) is 8.05. The van der Waals surface area contributed by atoms with Gasteiger partial charge in [0.2, 0.25) is 11.9 Å². The molecule has 31 heavy (non-hydrogen) atoms. The van der Waals surface area contributed by atoms with Crippen molar-refractivity contribution >= 4 is 17.5 Å². The molecule has 2 fully saturated rings. The fourth-order valence-corrected chi connectivity index (χ4v) is 4.27. The fraction of sp³-hybridized carbons (Fsp3) is 0.522. The molecule has 0 N–H and O–H groups in total. The van der Waals surface area contributed by atoms with Gasteiger partial charge in [-0.25, -0.2) is 9.97 Å². The molecule has 0 radical (unpaired) electrons. The average Bonchev–Trinajstić information content (AvgIpc) is 3.09. The van der Waals surface area contributed by atoms with E-state index < -0.39 is 0 Å². The molecule has 3 heterocycles. The lowest BCUT2D eigenvalue weighted by Crippen LogP contribution is -2.49. The van der Waals surface area contributed by atoms with Gasteiger partial charge in [0.05, 0.1) is 7.11 Å². The van der Waals surface area contributed by atoms with E-state index in [4.69, 9.17) is 4.74 Å². The third kappa shape index (κ3) is 5.64. The Morgan fingerprint density at radius 1 is 0.903 bits per heavy atom. The summed E-state index contributed by atoms with van der Waals surface area (Å²) >= 11 is 0. The van der Waals surface area contributed by atoms with Crippen LogP contribution in [-0.4, -0.2) is 91.7 Å². The maximum atomic E-state index is 12.7. The number of benzene rings is 1.